The zero-order valence-corrected chi connectivity index (χ0v) is 11.3. The smallest absolute Gasteiger partial charge is 0.191 e. The topological polar surface area (TPSA) is 66.0 Å². The third-order valence-electron chi connectivity index (χ3n) is 2.78. The van der Waals surface area contributed by atoms with Crippen molar-refractivity contribution in [1.82, 2.24) is 14.8 Å². The van der Waals surface area contributed by atoms with Crippen molar-refractivity contribution < 1.29 is 13.5 Å². The number of ether oxygens (including phenoxy) is 1. The molecule has 0 atom stereocenters. The lowest BCUT2D eigenvalue weighted by atomic mass is 10.2. The van der Waals surface area contributed by atoms with Crippen LogP contribution in [0.25, 0.3) is 0 Å². The molecule has 2 rings (SSSR count). The molecule has 0 amide bonds. The van der Waals surface area contributed by atoms with Gasteiger partial charge in [-0.25, -0.2) is 18.4 Å². The zero-order valence-electron chi connectivity index (χ0n) is 11.3. The monoisotopic (exact) mass is 282 g/mol. The van der Waals surface area contributed by atoms with Crippen LogP contribution in [0.3, 0.4) is 0 Å². The molecule has 1 heterocycles. The lowest BCUT2D eigenvalue weighted by molar-refractivity contribution is 0.255. The summed E-state index contributed by atoms with van der Waals surface area (Å²) < 4.78 is 34.3. The van der Waals surface area contributed by atoms with E-state index in [4.69, 9.17) is 10.5 Å². The Hall–Kier alpha value is -2.02. The van der Waals surface area contributed by atoms with E-state index in [1.807, 2.05) is 13.8 Å². The summed E-state index contributed by atoms with van der Waals surface area (Å²) in [6, 6.07) is 2.40. The van der Waals surface area contributed by atoms with E-state index in [1.54, 1.807) is 4.68 Å². The Kier molecular flexibility index (Phi) is 4.29. The minimum absolute atomic E-state index is 0.0615. The summed E-state index contributed by atoms with van der Waals surface area (Å²) in [4.78, 5) is 4.01. The van der Waals surface area contributed by atoms with E-state index >= 15 is 0 Å². The van der Waals surface area contributed by atoms with Gasteiger partial charge in [-0.15, -0.1) is 0 Å². The number of nitrogens with zero attached hydrogens (tertiary/aromatic N) is 3. The minimum Gasteiger partial charge on any atom is -0.479 e. The summed E-state index contributed by atoms with van der Waals surface area (Å²) in [7, 11) is 0. The SMILES string of the molecule is CC(C)n1ncnc1COc1c(F)cc(CN)cc1F. The Labute approximate surface area is 115 Å². The summed E-state index contributed by atoms with van der Waals surface area (Å²) in [5.41, 5.74) is 5.72. The lowest BCUT2D eigenvalue weighted by Gasteiger charge is -2.12. The number of rotatable bonds is 5. The highest BCUT2D eigenvalue weighted by molar-refractivity contribution is 5.31. The molecule has 0 bridgehead atoms. The lowest BCUT2D eigenvalue weighted by Crippen LogP contribution is -2.11. The van der Waals surface area contributed by atoms with Crippen LogP contribution in [0.15, 0.2) is 18.5 Å². The van der Waals surface area contributed by atoms with Crippen molar-refractivity contribution in [2.75, 3.05) is 0 Å². The highest BCUT2D eigenvalue weighted by atomic mass is 19.1. The van der Waals surface area contributed by atoms with Gasteiger partial charge >= 0.3 is 0 Å². The summed E-state index contributed by atoms with van der Waals surface area (Å²) in [5.74, 6) is -1.48. The molecule has 0 saturated carbocycles. The fraction of sp³-hybridized carbons (Fsp3) is 0.385. The van der Waals surface area contributed by atoms with Crippen molar-refractivity contribution in [2.24, 2.45) is 5.73 Å². The first-order chi connectivity index (χ1) is 9.52. The molecule has 0 aliphatic heterocycles. The first-order valence-corrected chi connectivity index (χ1v) is 6.22. The first-order valence-electron chi connectivity index (χ1n) is 6.22. The number of nitrogens with two attached hydrogens (primary N) is 1. The fourth-order valence-corrected chi connectivity index (χ4v) is 1.81. The number of aromatic nitrogens is 3. The number of halogens is 2. The van der Waals surface area contributed by atoms with Gasteiger partial charge in [-0.2, -0.15) is 5.10 Å². The molecule has 0 aliphatic rings. The average molecular weight is 282 g/mol. The first kappa shape index (κ1) is 14.4. The maximum Gasteiger partial charge on any atom is 0.191 e. The van der Waals surface area contributed by atoms with Crippen LogP contribution in [0.1, 0.15) is 31.3 Å². The van der Waals surface area contributed by atoms with Crippen LogP contribution in [0, 0.1) is 11.6 Å². The minimum atomic E-state index is -0.777. The molecule has 7 heteroatoms. The highest BCUT2D eigenvalue weighted by Gasteiger charge is 2.15. The average Bonchev–Trinajstić information content (AvgIpc) is 2.86. The van der Waals surface area contributed by atoms with E-state index in [2.05, 4.69) is 10.1 Å². The molecular formula is C13H16F2N4O. The molecule has 2 N–H and O–H groups in total. The molecule has 0 spiro atoms. The molecule has 0 aliphatic carbocycles. The maximum absolute atomic E-state index is 13.7. The highest BCUT2D eigenvalue weighted by Crippen LogP contribution is 2.24. The summed E-state index contributed by atoms with van der Waals surface area (Å²) >= 11 is 0. The van der Waals surface area contributed by atoms with Crippen molar-refractivity contribution in [1.29, 1.82) is 0 Å². The van der Waals surface area contributed by atoms with Gasteiger partial charge in [0.1, 0.15) is 12.9 Å². The molecular weight excluding hydrogens is 266 g/mol. The molecule has 0 saturated heterocycles. The van der Waals surface area contributed by atoms with E-state index in [0.717, 1.165) is 12.1 Å². The molecule has 0 unspecified atom stereocenters. The normalized spacial score (nSPS) is 11.1. The van der Waals surface area contributed by atoms with Crippen LogP contribution in [0.2, 0.25) is 0 Å². The van der Waals surface area contributed by atoms with E-state index in [9.17, 15) is 8.78 Å². The van der Waals surface area contributed by atoms with Crippen LogP contribution >= 0.6 is 0 Å². The van der Waals surface area contributed by atoms with Gasteiger partial charge in [0.05, 0.1) is 0 Å². The Balaban J connectivity index is 2.17. The molecule has 108 valence electrons. The molecule has 2 aromatic rings. The van der Waals surface area contributed by atoms with Crippen LogP contribution in [0.4, 0.5) is 8.78 Å². The molecule has 20 heavy (non-hydrogen) atoms. The van der Waals surface area contributed by atoms with Crippen molar-refractivity contribution in [3.8, 4) is 5.75 Å². The van der Waals surface area contributed by atoms with E-state index in [1.165, 1.54) is 6.33 Å². The maximum atomic E-state index is 13.7. The van der Waals surface area contributed by atoms with Gasteiger partial charge in [0, 0.05) is 12.6 Å². The van der Waals surface area contributed by atoms with Crippen LogP contribution < -0.4 is 10.5 Å². The summed E-state index contributed by atoms with van der Waals surface area (Å²) in [6.07, 6.45) is 1.38. The van der Waals surface area contributed by atoms with Gasteiger partial charge in [-0.1, -0.05) is 0 Å². The third kappa shape index (κ3) is 2.93. The standard InChI is InChI=1S/C13H16F2N4O/c1-8(2)19-12(17-7-18-19)6-20-13-10(14)3-9(5-16)4-11(13)15/h3-4,7-8H,5-6,16H2,1-2H3. The van der Waals surface area contributed by atoms with Gasteiger partial charge in [0.15, 0.2) is 23.2 Å². The van der Waals surface area contributed by atoms with Crippen molar-refractivity contribution in [2.45, 2.75) is 33.0 Å². The van der Waals surface area contributed by atoms with Gasteiger partial charge < -0.3 is 10.5 Å². The van der Waals surface area contributed by atoms with Crippen LogP contribution in [-0.4, -0.2) is 14.8 Å². The summed E-state index contributed by atoms with van der Waals surface area (Å²) in [5, 5.41) is 4.02. The number of hydrogen-bond donors (Lipinski definition) is 1. The second-order valence-corrected chi connectivity index (χ2v) is 4.60. The third-order valence-corrected chi connectivity index (χ3v) is 2.78. The summed E-state index contributed by atoms with van der Waals surface area (Å²) in [6.45, 7) is 3.86. The second-order valence-electron chi connectivity index (χ2n) is 4.60. The molecule has 0 radical (unpaired) electrons. The van der Waals surface area contributed by atoms with E-state index in [-0.39, 0.29) is 19.2 Å². The van der Waals surface area contributed by atoms with Crippen molar-refractivity contribution >= 4 is 0 Å². The molecule has 0 fully saturated rings. The quantitative estimate of drug-likeness (QED) is 0.912. The Bertz CT molecular complexity index is 575. The van der Waals surface area contributed by atoms with Crippen LogP contribution in [0.5, 0.6) is 5.75 Å². The van der Waals surface area contributed by atoms with Gasteiger partial charge in [-0.3, -0.25) is 0 Å². The molecule has 5 nitrogen and oxygen atoms in total. The molecule has 1 aromatic carbocycles. The van der Waals surface area contributed by atoms with E-state index in [0.29, 0.717) is 11.4 Å². The van der Waals surface area contributed by atoms with Crippen molar-refractivity contribution in [3.05, 3.63) is 41.5 Å². The predicted octanol–water partition coefficient (Wildman–Crippen LogP) is 2.17. The largest absolute Gasteiger partial charge is 0.479 e. The second kappa shape index (κ2) is 5.96. The Morgan fingerprint density at radius 2 is 1.95 bits per heavy atom. The molecule has 1 aromatic heterocycles. The van der Waals surface area contributed by atoms with Crippen LogP contribution in [-0.2, 0) is 13.2 Å². The fourth-order valence-electron chi connectivity index (χ4n) is 1.81. The number of hydrogen-bond acceptors (Lipinski definition) is 4. The predicted molar refractivity (Wildman–Crippen MR) is 69.0 cm³/mol. The van der Waals surface area contributed by atoms with Crippen molar-refractivity contribution in [3.63, 3.8) is 0 Å². The van der Waals surface area contributed by atoms with Gasteiger partial charge in [-0.05, 0) is 31.5 Å². The van der Waals surface area contributed by atoms with Gasteiger partial charge in [0.25, 0.3) is 0 Å². The Morgan fingerprint density at radius 3 is 2.50 bits per heavy atom. The Morgan fingerprint density at radius 1 is 1.30 bits per heavy atom. The van der Waals surface area contributed by atoms with E-state index < -0.39 is 17.4 Å². The number of benzene rings is 1. The zero-order chi connectivity index (χ0) is 14.7. The van der Waals surface area contributed by atoms with Gasteiger partial charge in [0.2, 0.25) is 0 Å².